The molecular weight excluding hydrogens is 420 g/mol. The zero-order chi connectivity index (χ0) is 16.3. The molecule has 1 heterocycles. The molecule has 1 atom stereocenters. The molecule has 0 aliphatic carbocycles. The van der Waals surface area contributed by atoms with Crippen LogP contribution < -0.4 is 5.32 Å². The Kier molecular flexibility index (Phi) is 7.12. The van der Waals surface area contributed by atoms with E-state index >= 15 is 0 Å². The van der Waals surface area contributed by atoms with Gasteiger partial charge in [0, 0.05) is 20.1 Å². The Morgan fingerprint density at radius 3 is 2.57 bits per heavy atom. The Morgan fingerprint density at radius 1 is 1.35 bits per heavy atom. The number of benzene rings is 1. The molecule has 1 aromatic carbocycles. The molecule has 1 aliphatic heterocycles. The van der Waals surface area contributed by atoms with Crippen molar-refractivity contribution in [3.8, 4) is 0 Å². The van der Waals surface area contributed by atoms with Crippen LogP contribution in [0.15, 0.2) is 29.3 Å². The number of rotatable bonds is 4. The summed E-state index contributed by atoms with van der Waals surface area (Å²) in [4.78, 5) is 8.23. The van der Waals surface area contributed by atoms with Gasteiger partial charge in [-0.3, -0.25) is 4.99 Å². The van der Waals surface area contributed by atoms with Gasteiger partial charge in [0.2, 0.25) is 0 Å². The molecule has 1 unspecified atom stereocenters. The largest absolute Gasteiger partial charge is 0.416 e. The second kappa shape index (κ2) is 8.18. The monoisotopic (exact) mass is 442 g/mol. The van der Waals surface area contributed by atoms with E-state index in [1.807, 2.05) is 30.9 Å². The highest BCUT2D eigenvalue weighted by Gasteiger charge is 2.31. The fourth-order valence-electron chi connectivity index (χ4n) is 2.43. The van der Waals surface area contributed by atoms with E-state index in [4.69, 9.17) is 0 Å². The minimum Gasteiger partial charge on any atom is -0.354 e. The second-order valence-corrected chi connectivity index (χ2v) is 5.61. The smallest absolute Gasteiger partial charge is 0.354 e. The van der Waals surface area contributed by atoms with E-state index in [0.29, 0.717) is 12.1 Å². The first kappa shape index (κ1) is 20.0. The minimum atomic E-state index is -4.32. The number of likely N-dealkylation sites (N-methyl/N-ethyl adjacent to an activating group) is 2. The highest BCUT2D eigenvalue weighted by Crippen LogP contribution is 2.31. The van der Waals surface area contributed by atoms with Crippen LogP contribution in [0.3, 0.4) is 0 Å². The van der Waals surface area contributed by atoms with Crippen LogP contribution in [-0.2, 0) is 6.18 Å². The summed E-state index contributed by atoms with van der Waals surface area (Å²) < 4.78 is 38.6. The molecule has 0 bridgehead atoms. The summed E-state index contributed by atoms with van der Waals surface area (Å²) in [6.07, 6.45) is -4.32. The quantitative estimate of drug-likeness (QED) is 0.728. The number of alkyl halides is 3. The predicted molar refractivity (Wildman–Crippen MR) is 96.2 cm³/mol. The third-order valence-corrected chi connectivity index (χ3v) is 3.73. The standard InChI is InChI=1S/C15H21F3N4.HI/c1-21(2)13(10-20-14-19-7-8-22(14)3)11-5-4-6-12(9-11)15(16,17)18;/h4-6,9,13H,7-8,10H2,1-3H3,(H,19,20);1H. The zero-order valence-electron chi connectivity index (χ0n) is 13.4. The minimum absolute atomic E-state index is 0. The van der Waals surface area contributed by atoms with E-state index in [2.05, 4.69) is 10.3 Å². The molecule has 0 saturated carbocycles. The van der Waals surface area contributed by atoms with Gasteiger partial charge in [-0.1, -0.05) is 12.1 Å². The van der Waals surface area contributed by atoms with Crippen LogP contribution in [-0.4, -0.2) is 56.5 Å². The summed E-state index contributed by atoms with van der Waals surface area (Å²) in [5, 5.41) is 3.22. The van der Waals surface area contributed by atoms with Gasteiger partial charge in [0.15, 0.2) is 5.96 Å². The van der Waals surface area contributed by atoms with Gasteiger partial charge in [-0.2, -0.15) is 13.2 Å². The van der Waals surface area contributed by atoms with Crippen molar-refractivity contribution in [1.82, 2.24) is 15.1 Å². The third kappa shape index (κ3) is 5.23. The van der Waals surface area contributed by atoms with E-state index in [9.17, 15) is 13.2 Å². The first-order valence-corrected chi connectivity index (χ1v) is 7.12. The number of hydrogen-bond donors (Lipinski definition) is 1. The molecule has 0 radical (unpaired) electrons. The van der Waals surface area contributed by atoms with Crippen LogP contribution in [0, 0.1) is 0 Å². The Balaban J connectivity index is 0.00000264. The lowest BCUT2D eigenvalue weighted by molar-refractivity contribution is -0.137. The molecular formula is C15H22F3IN4. The molecule has 130 valence electrons. The highest BCUT2D eigenvalue weighted by atomic mass is 127. The van der Waals surface area contributed by atoms with Crippen molar-refractivity contribution in [2.75, 3.05) is 40.8 Å². The van der Waals surface area contributed by atoms with E-state index < -0.39 is 11.7 Å². The number of aliphatic imine (C=N–C) groups is 1. The van der Waals surface area contributed by atoms with Gasteiger partial charge in [-0.15, -0.1) is 24.0 Å². The molecule has 4 nitrogen and oxygen atoms in total. The van der Waals surface area contributed by atoms with Gasteiger partial charge in [-0.05, 0) is 31.8 Å². The van der Waals surface area contributed by atoms with Crippen LogP contribution >= 0.6 is 24.0 Å². The lowest BCUT2D eigenvalue weighted by atomic mass is 10.0. The number of nitrogens with zero attached hydrogens (tertiary/aromatic N) is 3. The average molecular weight is 442 g/mol. The topological polar surface area (TPSA) is 30.9 Å². The van der Waals surface area contributed by atoms with Crippen molar-refractivity contribution in [2.45, 2.75) is 12.2 Å². The number of guanidine groups is 1. The zero-order valence-corrected chi connectivity index (χ0v) is 15.7. The maximum Gasteiger partial charge on any atom is 0.416 e. The Labute approximate surface area is 151 Å². The van der Waals surface area contributed by atoms with Crippen molar-refractivity contribution in [2.24, 2.45) is 4.99 Å². The molecule has 0 spiro atoms. The van der Waals surface area contributed by atoms with Crippen molar-refractivity contribution in [3.63, 3.8) is 0 Å². The van der Waals surface area contributed by atoms with Gasteiger partial charge < -0.3 is 15.1 Å². The van der Waals surface area contributed by atoms with Gasteiger partial charge in [0.25, 0.3) is 0 Å². The normalized spacial score (nSPS) is 16.1. The summed E-state index contributed by atoms with van der Waals surface area (Å²) in [7, 11) is 5.65. The van der Waals surface area contributed by atoms with Crippen molar-refractivity contribution < 1.29 is 13.2 Å². The van der Waals surface area contributed by atoms with Gasteiger partial charge in [0.1, 0.15) is 0 Å². The van der Waals surface area contributed by atoms with Gasteiger partial charge in [0.05, 0.1) is 18.2 Å². The van der Waals surface area contributed by atoms with E-state index in [0.717, 1.165) is 25.1 Å². The predicted octanol–water partition coefficient (Wildman–Crippen LogP) is 2.82. The molecule has 0 saturated heterocycles. The lowest BCUT2D eigenvalue weighted by Gasteiger charge is -2.27. The Bertz CT molecular complexity index is 546. The van der Waals surface area contributed by atoms with E-state index in [-0.39, 0.29) is 30.0 Å². The van der Waals surface area contributed by atoms with Crippen LogP contribution in [0.5, 0.6) is 0 Å². The summed E-state index contributed by atoms with van der Waals surface area (Å²) in [5.74, 6) is 0.791. The van der Waals surface area contributed by atoms with E-state index in [1.54, 1.807) is 6.07 Å². The van der Waals surface area contributed by atoms with Crippen LogP contribution in [0.2, 0.25) is 0 Å². The SMILES string of the molecule is CN1CCN=C1NCC(c1cccc(C(F)(F)F)c1)N(C)C.I. The fraction of sp³-hybridized carbons (Fsp3) is 0.533. The first-order valence-electron chi connectivity index (χ1n) is 7.12. The molecule has 23 heavy (non-hydrogen) atoms. The summed E-state index contributed by atoms with van der Waals surface area (Å²) in [6, 6.07) is 5.32. The van der Waals surface area contributed by atoms with Crippen molar-refractivity contribution >= 4 is 29.9 Å². The molecule has 1 N–H and O–H groups in total. The van der Waals surface area contributed by atoms with Crippen LogP contribution in [0.4, 0.5) is 13.2 Å². The molecule has 1 aromatic rings. The summed E-state index contributed by atoms with van der Waals surface area (Å²) >= 11 is 0. The summed E-state index contributed by atoms with van der Waals surface area (Å²) in [6.45, 7) is 2.10. The van der Waals surface area contributed by atoms with Crippen molar-refractivity contribution in [3.05, 3.63) is 35.4 Å². The van der Waals surface area contributed by atoms with E-state index in [1.165, 1.54) is 12.1 Å². The molecule has 0 fully saturated rings. The highest BCUT2D eigenvalue weighted by molar-refractivity contribution is 14.0. The lowest BCUT2D eigenvalue weighted by Crippen LogP contribution is -2.40. The van der Waals surface area contributed by atoms with Crippen molar-refractivity contribution in [1.29, 1.82) is 0 Å². The Morgan fingerprint density at radius 2 is 2.04 bits per heavy atom. The van der Waals surface area contributed by atoms with Gasteiger partial charge >= 0.3 is 6.18 Å². The third-order valence-electron chi connectivity index (χ3n) is 3.73. The Hall–Kier alpha value is -1.03. The number of hydrogen-bond acceptors (Lipinski definition) is 4. The number of nitrogens with one attached hydrogen (secondary N) is 1. The van der Waals surface area contributed by atoms with Crippen LogP contribution in [0.25, 0.3) is 0 Å². The second-order valence-electron chi connectivity index (χ2n) is 5.61. The van der Waals surface area contributed by atoms with Gasteiger partial charge in [-0.25, -0.2) is 0 Å². The molecule has 0 amide bonds. The summed E-state index contributed by atoms with van der Waals surface area (Å²) in [5.41, 5.74) is 0.0146. The molecule has 2 rings (SSSR count). The molecule has 8 heteroatoms. The van der Waals surface area contributed by atoms with Crippen LogP contribution in [0.1, 0.15) is 17.2 Å². The first-order chi connectivity index (χ1) is 10.3. The average Bonchev–Trinajstić information content (AvgIpc) is 2.84. The number of halogens is 4. The molecule has 0 aromatic heterocycles. The fourth-order valence-corrected chi connectivity index (χ4v) is 2.43. The maximum absolute atomic E-state index is 12.9. The maximum atomic E-state index is 12.9. The molecule has 1 aliphatic rings.